The highest BCUT2D eigenvalue weighted by Gasteiger charge is 2.32. The Bertz CT molecular complexity index is 346. The van der Waals surface area contributed by atoms with Crippen LogP contribution in [-0.2, 0) is 11.5 Å². The van der Waals surface area contributed by atoms with Gasteiger partial charge in [-0.15, -0.1) is 0 Å². The summed E-state index contributed by atoms with van der Waals surface area (Å²) in [4.78, 5) is 0. The van der Waals surface area contributed by atoms with Crippen LogP contribution in [0, 0.1) is 5.41 Å². The molecule has 0 saturated carbocycles. The molecule has 14 heavy (non-hydrogen) atoms. The second-order valence-electron chi connectivity index (χ2n) is 2.70. The van der Waals surface area contributed by atoms with Gasteiger partial charge in [0.15, 0.2) is 0 Å². The fourth-order valence-electron chi connectivity index (χ4n) is 1.06. The van der Waals surface area contributed by atoms with Gasteiger partial charge >= 0.3 is 6.18 Å². The zero-order chi connectivity index (χ0) is 10.8. The number of hydrogen-bond donors (Lipinski definition) is 1. The van der Waals surface area contributed by atoms with Crippen LogP contribution in [0.25, 0.3) is 0 Å². The molecular weight excluding hydrogens is 259 g/mol. The van der Waals surface area contributed by atoms with Gasteiger partial charge in [0.05, 0.1) is 5.56 Å². The van der Waals surface area contributed by atoms with E-state index >= 15 is 0 Å². The molecule has 0 aliphatic heterocycles. The van der Waals surface area contributed by atoms with E-state index in [1.165, 1.54) is 6.07 Å². The highest BCUT2D eigenvalue weighted by atomic mass is 79.9. The molecule has 0 aromatic heterocycles. The topological polar surface area (TPSA) is 23.9 Å². The molecule has 0 atom stereocenters. The van der Waals surface area contributed by atoms with Crippen LogP contribution in [0.2, 0.25) is 0 Å². The summed E-state index contributed by atoms with van der Waals surface area (Å²) in [6.07, 6.45) is -3.69. The Morgan fingerprint density at radius 3 is 2.43 bits per heavy atom. The highest BCUT2D eigenvalue weighted by molar-refractivity contribution is 9.08. The molecule has 0 bridgehead atoms. The molecule has 0 fully saturated rings. The fourth-order valence-corrected chi connectivity index (χ4v) is 1.41. The predicted molar refractivity (Wildman–Crippen MR) is 52.0 cm³/mol. The maximum atomic E-state index is 12.4. The van der Waals surface area contributed by atoms with Crippen LogP contribution in [0.3, 0.4) is 0 Å². The van der Waals surface area contributed by atoms with E-state index in [-0.39, 0.29) is 5.56 Å². The summed E-state index contributed by atoms with van der Waals surface area (Å²) in [7, 11) is 0. The molecule has 0 saturated heterocycles. The molecule has 1 rings (SSSR count). The smallest absolute Gasteiger partial charge is 0.308 e. The normalized spacial score (nSPS) is 11.4. The molecule has 1 aromatic carbocycles. The molecule has 76 valence electrons. The Balaban J connectivity index is 3.29. The summed E-state index contributed by atoms with van der Waals surface area (Å²) in [5, 5.41) is 7.22. The summed E-state index contributed by atoms with van der Waals surface area (Å²) in [5.74, 6) is 0. The van der Waals surface area contributed by atoms with Gasteiger partial charge in [0.2, 0.25) is 0 Å². The highest BCUT2D eigenvalue weighted by Crippen LogP contribution is 2.32. The van der Waals surface area contributed by atoms with Crippen molar-refractivity contribution in [2.45, 2.75) is 11.5 Å². The lowest BCUT2D eigenvalue weighted by atomic mass is 10.1. The molecule has 0 aliphatic rings. The van der Waals surface area contributed by atoms with Gasteiger partial charge in [-0.3, -0.25) is 0 Å². The second kappa shape index (κ2) is 4.13. The predicted octanol–water partition coefficient (Wildman–Crippen LogP) is 3.60. The average molecular weight is 266 g/mol. The summed E-state index contributed by atoms with van der Waals surface area (Å²) in [6, 6.07) is 3.91. The molecule has 0 aliphatic carbocycles. The van der Waals surface area contributed by atoms with Gasteiger partial charge in [-0.1, -0.05) is 28.1 Å². The third kappa shape index (κ3) is 2.35. The van der Waals surface area contributed by atoms with Crippen LogP contribution in [0.5, 0.6) is 0 Å². The Labute approximate surface area is 87.6 Å². The maximum Gasteiger partial charge on any atom is 0.417 e. The first-order chi connectivity index (χ1) is 6.49. The van der Waals surface area contributed by atoms with Crippen LogP contribution >= 0.6 is 15.9 Å². The Hall–Kier alpha value is -0.840. The van der Waals surface area contributed by atoms with Gasteiger partial charge in [0.25, 0.3) is 0 Å². The third-order valence-electron chi connectivity index (χ3n) is 1.73. The van der Waals surface area contributed by atoms with Gasteiger partial charge in [-0.05, 0) is 11.6 Å². The first-order valence-corrected chi connectivity index (χ1v) is 4.87. The summed E-state index contributed by atoms with van der Waals surface area (Å²) in [5.41, 5.74) is -0.324. The molecule has 1 nitrogen and oxygen atoms in total. The maximum absolute atomic E-state index is 12.4. The van der Waals surface area contributed by atoms with Crippen LogP contribution in [0.4, 0.5) is 13.2 Å². The standard InChI is InChI=1S/C9H7BrF3N/c10-4-6-1-2-7(5-14)8(3-6)9(11,12)13/h1-3,5,14H,4H2. The number of hydrogen-bond acceptors (Lipinski definition) is 1. The number of halogens is 4. The molecule has 1 aromatic rings. The molecule has 0 heterocycles. The van der Waals surface area contributed by atoms with Crippen molar-refractivity contribution >= 4 is 22.1 Å². The van der Waals surface area contributed by atoms with E-state index in [0.29, 0.717) is 17.1 Å². The van der Waals surface area contributed by atoms with Crippen molar-refractivity contribution in [2.75, 3.05) is 0 Å². The minimum atomic E-state index is -4.40. The van der Waals surface area contributed by atoms with Crippen molar-refractivity contribution in [3.05, 3.63) is 34.9 Å². The third-order valence-corrected chi connectivity index (χ3v) is 2.38. The quantitative estimate of drug-likeness (QED) is 0.624. The van der Waals surface area contributed by atoms with Gasteiger partial charge in [0, 0.05) is 17.1 Å². The van der Waals surface area contributed by atoms with E-state index in [1.807, 2.05) is 0 Å². The molecular formula is C9H7BrF3N. The van der Waals surface area contributed by atoms with Gasteiger partial charge < -0.3 is 5.41 Å². The van der Waals surface area contributed by atoms with Crippen LogP contribution in [-0.4, -0.2) is 6.21 Å². The van der Waals surface area contributed by atoms with Crippen molar-refractivity contribution in [1.82, 2.24) is 0 Å². The van der Waals surface area contributed by atoms with Crippen molar-refractivity contribution in [3.8, 4) is 0 Å². The minimum Gasteiger partial charge on any atom is -0.308 e. The van der Waals surface area contributed by atoms with E-state index in [1.54, 1.807) is 6.07 Å². The number of rotatable bonds is 2. The van der Waals surface area contributed by atoms with Gasteiger partial charge in [0.1, 0.15) is 0 Å². The second-order valence-corrected chi connectivity index (χ2v) is 3.26. The van der Waals surface area contributed by atoms with Crippen molar-refractivity contribution in [1.29, 1.82) is 5.41 Å². The SMILES string of the molecule is N=Cc1ccc(CBr)cc1C(F)(F)F. The summed E-state index contributed by atoms with van der Waals surface area (Å²) >= 11 is 3.08. The molecule has 0 spiro atoms. The first-order valence-electron chi connectivity index (χ1n) is 3.75. The molecule has 5 heteroatoms. The van der Waals surface area contributed by atoms with Crippen LogP contribution in [0.1, 0.15) is 16.7 Å². The van der Waals surface area contributed by atoms with Crippen molar-refractivity contribution in [3.63, 3.8) is 0 Å². The zero-order valence-corrected chi connectivity index (χ0v) is 8.61. The lowest BCUT2D eigenvalue weighted by Gasteiger charge is -2.10. The summed E-state index contributed by atoms with van der Waals surface area (Å²) < 4.78 is 37.3. The van der Waals surface area contributed by atoms with Crippen LogP contribution < -0.4 is 0 Å². The molecule has 0 unspecified atom stereocenters. The van der Waals surface area contributed by atoms with Gasteiger partial charge in [-0.2, -0.15) is 13.2 Å². The van der Waals surface area contributed by atoms with Gasteiger partial charge in [-0.25, -0.2) is 0 Å². The largest absolute Gasteiger partial charge is 0.417 e. The Morgan fingerprint density at radius 1 is 1.36 bits per heavy atom. The monoisotopic (exact) mass is 265 g/mol. The Kier molecular flexibility index (Phi) is 3.31. The number of nitrogens with one attached hydrogen (secondary N) is 1. The minimum absolute atomic E-state index is 0.109. The lowest BCUT2D eigenvalue weighted by molar-refractivity contribution is -0.137. The first kappa shape index (κ1) is 11.2. The molecule has 0 radical (unpaired) electrons. The van der Waals surface area contributed by atoms with E-state index < -0.39 is 11.7 Å². The van der Waals surface area contributed by atoms with Crippen molar-refractivity contribution in [2.24, 2.45) is 0 Å². The number of alkyl halides is 4. The van der Waals surface area contributed by atoms with E-state index in [9.17, 15) is 13.2 Å². The zero-order valence-electron chi connectivity index (χ0n) is 7.03. The van der Waals surface area contributed by atoms with E-state index in [2.05, 4.69) is 15.9 Å². The Morgan fingerprint density at radius 2 is 2.00 bits per heavy atom. The number of benzene rings is 1. The van der Waals surface area contributed by atoms with E-state index in [4.69, 9.17) is 5.41 Å². The van der Waals surface area contributed by atoms with Crippen LogP contribution in [0.15, 0.2) is 18.2 Å². The summed E-state index contributed by atoms with van der Waals surface area (Å²) in [6.45, 7) is 0. The van der Waals surface area contributed by atoms with Crippen molar-refractivity contribution < 1.29 is 13.2 Å². The fraction of sp³-hybridized carbons (Fsp3) is 0.222. The lowest BCUT2D eigenvalue weighted by Crippen LogP contribution is -2.09. The molecule has 1 N–H and O–H groups in total. The molecule has 0 amide bonds. The average Bonchev–Trinajstić information content (AvgIpc) is 2.15. The van der Waals surface area contributed by atoms with E-state index in [0.717, 1.165) is 6.07 Å².